The standard InChI is InChI=1S/C11H14FN3O.C4H8/c12-10-2-1-9(7-11(10)13)15-5-3-14(8-16)4-6-15;1-4-2-3-4/h1-2,7-8H,3-6,13H2;4H,2-3H2,1H3. The molecule has 20 heavy (non-hydrogen) atoms. The molecule has 4 nitrogen and oxygen atoms in total. The van der Waals surface area contributed by atoms with E-state index < -0.39 is 5.82 Å². The van der Waals surface area contributed by atoms with E-state index in [4.69, 9.17) is 5.73 Å². The Balaban J connectivity index is 0.000000315. The molecule has 0 unspecified atom stereocenters. The van der Waals surface area contributed by atoms with E-state index in [1.165, 1.54) is 18.9 Å². The fourth-order valence-electron chi connectivity index (χ4n) is 1.98. The van der Waals surface area contributed by atoms with Gasteiger partial charge in [-0.1, -0.05) is 19.8 Å². The molecule has 1 aliphatic carbocycles. The minimum Gasteiger partial charge on any atom is -0.396 e. The van der Waals surface area contributed by atoms with E-state index in [0.29, 0.717) is 13.1 Å². The van der Waals surface area contributed by atoms with Crippen molar-refractivity contribution in [2.45, 2.75) is 19.8 Å². The lowest BCUT2D eigenvalue weighted by Gasteiger charge is -2.34. The molecule has 0 aromatic heterocycles. The number of amides is 1. The van der Waals surface area contributed by atoms with Crippen molar-refractivity contribution >= 4 is 17.8 Å². The number of nitrogen functional groups attached to an aromatic ring is 1. The smallest absolute Gasteiger partial charge is 0.209 e. The number of benzene rings is 1. The second-order valence-electron chi connectivity index (χ2n) is 5.52. The Morgan fingerprint density at radius 2 is 1.85 bits per heavy atom. The highest BCUT2D eigenvalue weighted by Crippen LogP contribution is 2.26. The second-order valence-corrected chi connectivity index (χ2v) is 5.52. The van der Waals surface area contributed by atoms with Gasteiger partial charge in [-0.25, -0.2) is 4.39 Å². The van der Waals surface area contributed by atoms with Gasteiger partial charge in [0.25, 0.3) is 0 Å². The van der Waals surface area contributed by atoms with E-state index in [1.807, 2.05) is 0 Å². The van der Waals surface area contributed by atoms with Crippen LogP contribution in [-0.4, -0.2) is 37.5 Å². The van der Waals surface area contributed by atoms with E-state index in [2.05, 4.69) is 11.8 Å². The molecular formula is C15H22FN3O. The zero-order chi connectivity index (χ0) is 14.5. The van der Waals surface area contributed by atoms with Crippen molar-refractivity contribution in [3.63, 3.8) is 0 Å². The highest BCUT2D eigenvalue weighted by Gasteiger charge is 2.16. The van der Waals surface area contributed by atoms with Gasteiger partial charge in [0.2, 0.25) is 6.41 Å². The molecule has 3 rings (SSSR count). The third-order valence-corrected chi connectivity index (χ3v) is 3.67. The summed E-state index contributed by atoms with van der Waals surface area (Å²) in [5.74, 6) is 0.690. The summed E-state index contributed by atoms with van der Waals surface area (Å²) in [7, 11) is 0. The van der Waals surface area contributed by atoms with E-state index in [0.717, 1.165) is 31.1 Å². The van der Waals surface area contributed by atoms with Crippen LogP contribution < -0.4 is 10.6 Å². The van der Waals surface area contributed by atoms with Gasteiger partial charge in [-0.05, 0) is 24.1 Å². The molecule has 2 aliphatic rings. The first-order chi connectivity index (χ1) is 9.60. The molecule has 1 saturated carbocycles. The summed E-state index contributed by atoms with van der Waals surface area (Å²) in [4.78, 5) is 14.4. The Kier molecular flexibility index (Phi) is 4.82. The van der Waals surface area contributed by atoms with Gasteiger partial charge in [-0.15, -0.1) is 0 Å². The Morgan fingerprint density at radius 3 is 2.30 bits per heavy atom. The van der Waals surface area contributed by atoms with Crippen LogP contribution in [0.4, 0.5) is 15.8 Å². The molecule has 1 aromatic rings. The highest BCUT2D eigenvalue weighted by atomic mass is 19.1. The van der Waals surface area contributed by atoms with Crippen LogP contribution in [0.15, 0.2) is 18.2 Å². The van der Waals surface area contributed by atoms with E-state index >= 15 is 0 Å². The molecule has 2 N–H and O–H groups in total. The molecule has 0 radical (unpaired) electrons. The summed E-state index contributed by atoms with van der Waals surface area (Å²) in [5, 5.41) is 0. The molecule has 110 valence electrons. The maximum absolute atomic E-state index is 13.0. The molecule has 2 fully saturated rings. The number of nitrogens with zero attached hydrogens (tertiary/aromatic N) is 2. The summed E-state index contributed by atoms with van der Waals surface area (Å²) in [6, 6.07) is 4.71. The third kappa shape index (κ3) is 4.11. The predicted molar refractivity (Wildman–Crippen MR) is 79.1 cm³/mol. The van der Waals surface area contributed by atoms with Crippen LogP contribution in [0.2, 0.25) is 0 Å². The summed E-state index contributed by atoms with van der Waals surface area (Å²) in [6.45, 7) is 5.18. The lowest BCUT2D eigenvalue weighted by molar-refractivity contribution is -0.118. The molecule has 0 spiro atoms. The fourth-order valence-corrected chi connectivity index (χ4v) is 1.98. The van der Waals surface area contributed by atoms with Gasteiger partial charge in [0.15, 0.2) is 0 Å². The van der Waals surface area contributed by atoms with Gasteiger partial charge < -0.3 is 15.5 Å². The van der Waals surface area contributed by atoms with Crippen molar-refractivity contribution in [1.29, 1.82) is 0 Å². The third-order valence-electron chi connectivity index (χ3n) is 3.67. The molecule has 1 aromatic carbocycles. The number of hydrogen-bond acceptors (Lipinski definition) is 3. The quantitative estimate of drug-likeness (QED) is 0.666. The first kappa shape index (κ1) is 14.6. The normalized spacial score (nSPS) is 18.3. The number of anilines is 2. The van der Waals surface area contributed by atoms with Crippen molar-refractivity contribution in [3.8, 4) is 0 Å². The average Bonchev–Trinajstić information content (AvgIpc) is 3.25. The topological polar surface area (TPSA) is 49.6 Å². The first-order valence-electron chi connectivity index (χ1n) is 7.09. The summed E-state index contributed by atoms with van der Waals surface area (Å²) >= 11 is 0. The minimum atomic E-state index is -0.393. The molecule has 1 amide bonds. The molecule has 0 atom stereocenters. The van der Waals surface area contributed by atoms with Gasteiger partial charge in [0.05, 0.1) is 5.69 Å². The van der Waals surface area contributed by atoms with E-state index in [9.17, 15) is 9.18 Å². The Bertz CT molecular complexity index is 454. The fraction of sp³-hybridized carbons (Fsp3) is 0.533. The molecule has 5 heteroatoms. The highest BCUT2D eigenvalue weighted by molar-refractivity contribution is 5.57. The van der Waals surface area contributed by atoms with Gasteiger partial charge in [0, 0.05) is 31.9 Å². The van der Waals surface area contributed by atoms with Crippen LogP contribution in [0.1, 0.15) is 19.8 Å². The summed E-state index contributed by atoms with van der Waals surface area (Å²) in [6.07, 6.45) is 3.83. The summed E-state index contributed by atoms with van der Waals surface area (Å²) in [5.41, 5.74) is 6.58. The number of rotatable bonds is 2. The Morgan fingerprint density at radius 1 is 1.25 bits per heavy atom. The lowest BCUT2D eigenvalue weighted by Crippen LogP contribution is -2.45. The van der Waals surface area contributed by atoms with Crippen molar-refractivity contribution < 1.29 is 9.18 Å². The monoisotopic (exact) mass is 279 g/mol. The van der Waals surface area contributed by atoms with Gasteiger partial charge in [0.1, 0.15) is 5.82 Å². The predicted octanol–water partition coefficient (Wildman–Crippen LogP) is 2.10. The second kappa shape index (κ2) is 6.59. The number of nitrogens with two attached hydrogens (primary N) is 1. The van der Waals surface area contributed by atoms with Crippen LogP contribution in [0.3, 0.4) is 0 Å². The molecule has 1 aliphatic heterocycles. The van der Waals surface area contributed by atoms with E-state index in [-0.39, 0.29) is 5.69 Å². The number of halogens is 1. The van der Waals surface area contributed by atoms with Gasteiger partial charge in [-0.3, -0.25) is 4.79 Å². The van der Waals surface area contributed by atoms with Crippen molar-refractivity contribution in [1.82, 2.24) is 4.90 Å². The van der Waals surface area contributed by atoms with Crippen LogP contribution in [0.25, 0.3) is 0 Å². The zero-order valence-corrected chi connectivity index (χ0v) is 11.9. The largest absolute Gasteiger partial charge is 0.396 e. The molecule has 0 bridgehead atoms. The minimum absolute atomic E-state index is 0.162. The zero-order valence-electron chi connectivity index (χ0n) is 11.9. The SMILES string of the molecule is CC1CC1.Nc1cc(N2CCN(C=O)CC2)ccc1F. The number of carbonyl (C=O) groups is 1. The molecular weight excluding hydrogens is 257 g/mol. The van der Waals surface area contributed by atoms with Gasteiger partial charge >= 0.3 is 0 Å². The van der Waals surface area contributed by atoms with E-state index in [1.54, 1.807) is 17.0 Å². The van der Waals surface area contributed by atoms with Crippen LogP contribution in [0.5, 0.6) is 0 Å². The van der Waals surface area contributed by atoms with Crippen LogP contribution >= 0.6 is 0 Å². The summed E-state index contributed by atoms with van der Waals surface area (Å²) < 4.78 is 13.0. The number of carbonyl (C=O) groups excluding carboxylic acids is 1. The lowest BCUT2D eigenvalue weighted by atomic mass is 10.2. The molecule has 1 saturated heterocycles. The van der Waals surface area contributed by atoms with Crippen LogP contribution in [-0.2, 0) is 4.79 Å². The Hall–Kier alpha value is -1.78. The van der Waals surface area contributed by atoms with Crippen molar-refractivity contribution in [2.75, 3.05) is 36.8 Å². The number of hydrogen-bond donors (Lipinski definition) is 1. The Labute approximate surface area is 119 Å². The maximum Gasteiger partial charge on any atom is 0.209 e. The maximum atomic E-state index is 13.0. The average molecular weight is 279 g/mol. The molecule has 1 heterocycles. The van der Waals surface area contributed by atoms with Crippen molar-refractivity contribution in [3.05, 3.63) is 24.0 Å². The first-order valence-corrected chi connectivity index (χ1v) is 7.09. The van der Waals surface area contributed by atoms with Crippen LogP contribution in [0, 0.1) is 11.7 Å². The number of piperazine rings is 1. The van der Waals surface area contributed by atoms with Crippen molar-refractivity contribution in [2.24, 2.45) is 5.92 Å². The van der Waals surface area contributed by atoms with Gasteiger partial charge in [-0.2, -0.15) is 0 Å².